The average Bonchev–Trinajstić information content (AvgIpc) is 2.94. The predicted octanol–water partition coefficient (Wildman–Crippen LogP) is 1.50. The van der Waals surface area contributed by atoms with Gasteiger partial charge in [0, 0.05) is 12.1 Å². The summed E-state index contributed by atoms with van der Waals surface area (Å²) in [5, 5.41) is 22.4. The summed E-state index contributed by atoms with van der Waals surface area (Å²) in [4.78, 5) is 12.6. The van der Waals surface area contributed by atoms with Gasteiger partial charge < -0.3 is 15.5 Å². The molecule has 0 aliphatic carbocycles. The van der Waals surface area contributed by atoms with Crippen LogP contribution in [0.5, 0.6) is 0 Å². The van der Waals surface area contributed by atoms with Crippen molar-refractivity contribution in [3.05, 3.63) is 46.7 Å². The third-order valence-electron chi connectivity index (χ3n) is 2.67. The maximum Gasteiger partial charge on any atom is 0.262 e. The highest BCUT2D eigenvalue weighted by molar-refractivity contribution is 7.12. The van der Waals surface area contributed by atoms with Gasteiger partial charge in [-0.3, -0.25) is 4.79 Å². The van der Waals surface area contributed by atoms with Crippen molar-refractivity contribution in [2.24, 2.45) is 0 Å². The minimum Gasteiger partial charge on any atom is -0.394 e. The number of thiophene rings is 1. The number of carbonyl (C=O) groups is 1. The zero-order chi connectivity index (χ0) is 13.7. The molecule has 0 saturated heterocycles. The number of carbonyl (C=O) groups excluding carboxylic acids is 1. The van der Waals surface area contributed by atoms with E-state index in [-0.39, 0.29) is 19.1 Å². The highest BCUT2D eigenvalue weighted by Crippen LogP contribution is 2.27. The summed E-state index contributed by atoms with van der Waals surface area (Å²) in [6.07, 6.45) is -0.927. The molecule has 1 heterocycles. The second-order valence-electron chi connectivity index (χ2n) is 4.08. The first-order chi connectivity index (χ1) is 9.22. The molecular formula is C14H15NO3S. The third-order valence-corrected chi connectivity index (χ3v) is 3.58. The van der Waals surface area contributed by atoms with E-state index in [9.17, 15) is 9.90 Å². The van der Waals surface area contributed by atoms with E-state index < -0.39 is 6.10 Å². The van der Waals surface area contributed by atoms with Gasteiger partial charge in [-0.2, -0.15) is 0 Å². The van der Waals surface area contributed by atoms with Crippen LogP contribution in [0.3, 0.4) is 0 Å². The second-order valence-corrected chi connectivity index (χ2v) is 4.99. The molecule has 0 aliphatic heterocycles. The van der Waals surface area contributed by atoms with Gasteiger partial charge in [0.25, 0.3) is 5.91 Å². The van der Waals surface area contributed by atoms with Gasteiger partial charge in [0.05, 0.1) is 17.6 Å². The van der Waals surface area contributed by atoms with Crippen molar-refractivity contribution in [2.75, 3.05) is 13.2 Å². The van der Waals surface area contributed by atoms with E-state index in [0.717, 1.165) is 11.1 Å². The van der Waals surface area contributed by atoms with E-state index in [2.05, 4.69) is 5.32 Å². The van der Waals surface area contributed by atoms with Crippen LogP contribution in [0.15, 0.2) is 41.8 Å². The van der Waals surface area contributed by atoms with Crippen LogP contribution in [0, 0.1) is 0 Å². The molecule has 0 saturated carbocycles. The predicted molar refractivity (Wildman–Crippen MR) is 75.2 cm³/mol. The molecule has 5 heteroatoms. The molecule has 4 nitrogen and oxygen atoms in total. The summed E-state index contributed by atoms with van der Waals surface area (Å²) >= 11 is 1.36. The molecule has 0 bridgehead atoms. The molecule has 1 aromatic heterocycles. The molecule has 3 N–H and O–H groups in total. The van der Waals surface area contributed by atoms with Crippen molar-refractivity contribution in [1.29, 1.82) is 0 Å². The van der Waals surface area contributed by atoms with Gasteiger partial charge in [-0.25, -0.2) is 0 Å². The topological polar surface area (TPSA) is 69.6 Å². The second kappa shape index (κ2) is 6.47. The Kier molecular flexibility index (Phi) is 4.68. The van der Waals surface area contributed by atoms with E-state index in [4.69, 9.17) is 5.11 Å². The van der Waals surface area contributed by atoms with Gasteiger partial charge in [0.2, 0.25) is 0 Å². The number of aliphatic hydroxyl groups is 2. The zero-order valence-electron chi connectivity index (χ0n) is 10.2. The van der Waals surface area contributed by atoms with Crippen molar-refractivity contribution in [2.45, 2.75) is 6.10 Å². The molecule has 1 amide bonds. The first-order valence-electron chi connectivity index (χ1n) is 5.92. The van der Waals surface area contributed by atoms with Gasteiger partial charge in [0.15, 0.2) is 0 Å². The van der Waals surface area contributed by atoms with Crippen molar-refractivity contribution in [3.8, 4) is 11.1 Å². The Labute approximate surface area is 115 Å². The van der Waals surface area contributed by atoms with Crippen LogP contribution in [-0.2, 0) is 0 Å². The van der Waals surface area contributed by atoms with Gasteiger partial charge in [-0.1, -0.05) is 30.3 Å². The Bertz CT molecular complexity index is 539. The lowest BCUT2D eigenvalue weighted by atomic mass is 10.1. The van der Waals surface area contributed by atoms with Crippen LogP contribution in [-0.4, -0.2) is 35.4 Å². The smallest absolute Gasteiger partial charge is 0.262 e. The molecule has 1 atom stereocenters. The Balaban J connectivity index is 2.14. The van der Waals surface area contributed by atoms with Crippen molar-refractivity contribution in [1.82, 2.24) is 5.32 Å². The van der Waals surface area contributed by atoms with Crippen LogP contribution in [0.2, 0.25) is 0 Å². The Morgan fingerprint density at radius 1 is 1.26 bits per heavy atom. The quantitative estimate of drug-likeness (QED) is 0.775. The lowest BCUT2D eigenvalue weighted by Gasteiger charge is -2.09. The van der Waals surface area contributed by atoms with Gasteiger partial charge in [-0.05, 0) is 17.0 Å². The molecule has 0 fully saturated rings. The van der Waals surface area contributed by atoms with Crippen LogP contribution in [0.4, 0.5) is 0 Å². The molecule has 2 aromatic rings. The molecule has 0 radical (unpaired) electrons. The van der Waals surface area contributed by atoms with Gasteiger partial charge >= 0.3 is 0 Å². The first-order valence-corrected chi connectivity index (χ1v) is 6.80. The first kappa shape index (κ1) is 13.7. The number of hydrogen-bond acceptors (Lipinski definition) is 4. The number of rotatable bonds is 5. The van der Waals surface area contributed by atoms with E-state index in [1.165, 1.54) is 11.3 Å². The normalized spacial score (nSPS) is 12.1. The fourth-order valence-corrected chi connectivity index (χ4v) is 2.52. The molecule has 0 spiro atoms. The van der Waals surface area contributed by atoms with E-state index in [0.29, 0.717) is 4.88 Å². The Morgan fingerprint density at radius 2 is 2.00 bits per heavy atom. The highest BCUT2D eigenvalue weighted by atomic mass is 32.1. The minimum atomic E-state index is -0.927. The molecule has 2 rings (SSSR count). The summed E-state index contributed by atoms with van der Waals surface area (Å²) in [6, 6.07) is 11.6. The molecular weight excluding hydrogens is 262 g/mol. The van der Waals surface area contributed by atoms with Crippen molar-refractivity contribution < 1.29 is 15.0 Å². The van der Waals surface area contributed by atoms with Crippen LogP contribution in [0.25, 0.3) is 11.1 Å². The fraction of sp³-hybridized carbons (Fsp3) is 0.214. The maximum absolute atomic E-state index is 12.0. The minimum absolute atomic E-state index is 0.0431. The van der Waals surface area contributed by atoms with Crippen LogP contribution >= 0.6 is 11.3 Å². The van der Waals surface area contributed by atoms with E-state index in [1.807, 2.05) is 41.8 Å². The fourth-order valence-electron chi connectivity index (χ4n) is 1.69. The van der Waals surface area contributed by atoms with Crippen LogP contribution < -0.4 is 5.32 Å². The number of amides is 1. The summed E-state index contributed by atoms with van der Waals surface area (Å²) in [7, 11) is 0. The zero-order valence-corrected chi connectivity index (χ0v) is 11.1. The lowest BCUT2D eigenvalue weighted by Crippen LogP contribution is -2.33. The van der Waals surface area contributed by atoms with Crippen molar-refractivity contribution >= 4 is 17.2 Å². The number of benzene rings is 1. The van der Waals surface area contributed by atoms with Crippen molar-refractivity contribution in [3.63, 3.8) is 0 Å². The monoisotopic (exact) mass is 277 g/mol. The molecule has 19 heavy (non-hydrogen) atoms. The lowest BCUT2D eigenvalue weighted by molar-refractivity contribution is 0.0805. The number of hydrogen-bond donors (Lipinski definition) is 3. The highest BCUT2D eigenvalue weighted by Gasteiger charge is 2.15. The third kappa shape index (κ3) is 3.41. The molecule has 1 unspecified atom stereocenters. The SMILES string of the molecule is O=C(NCC(O)CO)c1sccc1-c1ccccc1. The molecule has 1 aromatic carbocycles. The van der Waals surface area contributed by atoms with Gasteiger partial charge in [-0.15, -0.1) is 11.3 Å². The summed E-state index contributed by atoms with van der Waals surface area (Å²) in [5.41, 5.74) is 1.86. The maximum atomic E-state index is 12.0. The summed E-state index contributed by atoms with van der Waals surface area (Å²) in [6.45, 7) is -0.322. The van der Waals surface area contributed by atoms with Gasteiger partial charge in [0.1, 0.15) is 0 Å². The average molecular weight is 277 g/mol. The Morgan fingerprint density at radius 3 is 2.68 bits per heavy atom. The summed E-state index contributed by atoms with van der Waals surface area (Å²) in [5.74, 6) is -0.235. The summed E-state index contributed by atoms with van der Waals surface area (Å²) < 4.78 is 0. The molecule has 0 aliphatic rings. The number of nitrogens with one attached hydrogen (secondary N) is 1. The van der Waals surface area contributed by atoms with E-state index in [1.54, 1.807) is 0 Å². The van der Waals surface area contributed by atoms with Crippen LogP contribution in [0.1, 0.15) is 9.67 Å². The Hall–Kier alpha value is -1.69. The number of aliphatic hydroxyl groups excluding tert-OH is 2. The largest absolute Gasteiger partial charge is 0.394 e. The standard InChI is InChI=1S/C14H15NO3S/c16-9-11(17)8-15-14(18)13-12(6-7-19-13)10-4-2-1-3-5-10/h1-7,11,16-17H,8-9H2,(H,15,18). The van der Waals surface area contributed by atoms with E-state index >= 15 is 0 Å². The molecule has 100 valence electrons.